The van der Waals surface area contributed by atoms with Gasteiger partial charge in [-0.3, -0.25) is 4.68 Å². The van der Waals surface area contributed by atoms with E-state index < -0.39 is 24.1 Å². The predicted octanol–water partition coefficient (Wildman–Crippen LogP) is 1.81. The van der Waals surface area contributed by atoms with Crippen molar-refractivity contribution in [2.75, 3.05) is 0 Å². The summed E-state index contributed by atoms with van der Waals surface area (Å²) in [4.78, 5) is 10.8. The maximum Gasteiger partial charge on any atom is 0.393 e. The molecule has 0 atom stereocenters. The second-order valence-corrected chi connectivity index (χ2v) is 3.95. The fourth-order valence-corrected chi connectivity index (χ4v) is 1.09. The van der Waals surface area contributed by atoms with Crippen LogP contribution in [-0.4, -0.2) is 27.0 Å². The number of halogens is 3. The first-order valence-electron chi connectivity index (χ1n) is 4.47. The van der Waals surface area contributed by atoms with Gasteiger partial charge in [-0.1, -0.05) is 0 Å². The van der Waals surface area contributed by atoms with Crippen LogP contribution in [0, 0.1) is 0 Å². The molecule has 0 saturated carbocycles. The van der Waals surface area contributed by atoms with Gasteiger partial charge >= 0.3 is 12.1 Å². The van der Waals surface area contributed by atoms with E-state index in [2.05, 4.69) is 5.10 Å². The molecule has 0 aliphatic carbocycles. The number of carbonyl (C=O) groups is 1. The molecule has 1 heterocycles. The van der Waals surface area contributed by atoms with Crippen LogP contribution in [-0.2, 0) is 16.8 Å². The minimum absolute atomic E-state index is 0.0539. The summed E-state index contributed by atoms with van der Waals surface area (Å²) in [5.74, 6) is -1.16. The number of aromatic nitrogens is 2. The molecule has 4 nitrogen and oxygen atoms in total. The molecule has 1 rings (SSSR count). The Morgan fingerprint density at radius 2 is 2.06 bits per heavy atom. The van der Waals surface area contributed by atoms with Gasteiger partial charge in [0.15, 0.2) is 5.54 Å². The molecule has 0 fully saturated rings. The predicted molar refractivity (Wildman–Crippen MR) is 48.9 cm³/mol. The zero-order chi connectivity index (χ0) is 12.6. The second kappa shape index (κ2) is 3.80. The van der Waals surface area contributed by atoms with Crippen molar-refractivity contribution in [1.82, 2.24) is 9.78 Å². The molecule has 0 radical (unpaired) electrons. The molecular weight excluding hydrogens is 225 g/mol. The van der Waals surface area contributed by atoms with Crippen LogP contribution >= 0.6 is 0 Å². The van der Waals surface area contributed by atoms with Crippen LogP contribution in [0.25, 0.3) is 0 Å². The highest BCUT2D eigenvalue weighted by atomic mass is 19.4. The lowest BCUT2D eigenvalue weighted by Crippen LogP contribution is -2.35. The Labute approximate surface area is 89.7 Å². The van der Waals surface area contributed by atoms with E-state index >= 15 is 0 Å². The van der Waals surface area contributed by atoms with Crippen molar-refractivity contribution in [3.05, 3.63) is 18.0 Å². The Morgan fingerprint density at radius 1 is 1.50 bits per heavy atom. The number of hydrogen-bond donors (Lipinski definition) is 1. The second-order valence-electron chi connectivity index (χ2n) is 3.95. The number of hydrogen-bond acceptors (Lipinski definition) is 2. The van der Waals surface area contributed by atoms with E-state index in [9.17, 15) is 18.0 Å². The van der Waals surface area contributed by atoms with Crippen molar-refractivity contribution in [2.24, 2.45) is 0 Å². The molecule has 0 spiro atoms. The van der Waals surface area contributed by atoms with E-state index in [1.54, 1.807) is 0 Å². The zero-order valence-corrected chi connectivity index (χ0v) is 8.75. The molecule has 0 saturated heterocycles. The Hall–Kier alpha value is -1.53. The van der Waals surface area contributed by atoms with Crippen LogP contribution in [0.4, 0.5) is 13.2 Å². The van der Waals surface area contributed by atoms with Gasteiger partial charge in [0.2, 0.25) is 0 Å². The van der Waals surface area contributed by atoms with Crippen LogP contribution in [0.15, 0.2) is 12.4 Å². The average molecular weight is 236 g/mol. The van der Waals surface area contributed by atoms with Crippen LogP contribution in [0.2, 0.25) is 0 Å². The summed E-state index contributed by atoms with van der Waals surface area (Å²) in [5, 5.41) is 12.5. The smallest absolute Gasteiger partial charge is 0.393 e. The minimum atomic E-state index is -4.32. The topological polar surface area (TPSA) is 55.1 Å². The third-order valence-electron chi connectivity index (χ3n) is 2.14. The molecule has 0 bridgehead atoms. The molecular formula is C9H11F3N2O2. The number of nitrogens with zero attached hydrogens (tertiary/aromatic N) is 2. The molecule has 16 heavy (non-hydrogen) atoms. The number of rotatable bonds is 3. The van der Waals surface area contributed by atoms with E-state index in [-0.39, 0.29) is 5.56 Å². The molecule has 0 aliphatic rings. The molecule has 0 unspecified atom stereocenters. The average Bonchev–Trinajstić information content (AvgIpc) is 2.49. The molecule has 0 aromatic carbocycles. The Balaban J connectivity index is 2.92. The van der Waals surface area contributed by atoms with Crippen LogP contribution < -0.4 is 0 Å². The SMILES string of the molecule is CC(C)(C(=O)O)n1cc(CC(F)(F)F)cn1. The van der Waals surface area contributed by atoms with Crippen LogP contribution in [0.5, 0.6) is 0 Å². The van der Waals surface area contributed by atoms with Crippen molar-refractivity contribution >= 4 is 5.97 Å². The largest absolute Gasteiger partial charge is 0.479 e. The highest BCUT2D eigenvalue weighted by molar-refractivity contribution is 5.75. The van der Waals surface area contributed by atoms with Gasteiger partial charge in [0.05, 0.1) is 12.6 Å². The van der Waals surface area contributed by atoms with E-state index in [1.165, 1.54) is 13.8 Å². The summed E-state index contributed by atoms with van der Waals surface area (Å²) in [6, 6.07) is 0. The van der Waals surface area contributed by atoms with Gasteiger partial charge in [-0.25, -0.2) is 4.79 Å². The van der Waals surface area contributed by atoms with Gasteiger partial charge in [-0.05, 0) is 19.4 Å². The fourth-order valence-electron chi connectivity index (χ4n) is 1.09. The Morgan fingerprint density at radius 3 is 2.50 bits per heavy atom. The monoisotopic (exact) mass is 236 g/mol. The summed E-state index contributed by atoms with van der Waals surface area (Å²) in [7, 11) is 0. The van der Waals surface area contributed by atoms with Crippen molar-refractivity contribution in [1.29, 1.82) is 0 Å². The molecule has 1 N–H and O–H groups in total. The van der Waals surface area contributed by atoms with E-state index in [0.717, 1.165) is 17.1 Å². The third-order valence-corrected chi connectivity index (χ3v) is 2.14. The normalized spacial score (nSPS) is 12.8. The number of carboxylic acids is 1. The first-order chi connectivity index (χ1) is 7.13. The van der Waals surface area contributed by atoms with E-state index in [1.807, 2.05) is 0 Å². The summed E-state index contributed by atoms with van der Waals surface area (Å²) in [5.41, 5.74) is -1.41. The molecule has 1 aromatic heterocycles. The molecule has 0 aliphatic heterocycles. The lowest BCUT2D eigenvalue weighted by Gasteiger charge is -2.19. The first-order valence-corrected chi connectivity index (χ1v) is 4.47. The summed E-state index contributed by atoms with van der Waals surface area (Å²) in [6.07, 6.45) is -3.30. The van der Waals surface area contributed by atoms with Gasteiger partial charge in [0, 0.05) is 6.20 Å². The van der Waals surface area contributed by atoms with Crippen molar-refractivity contribution in [3.8, 4) is 0 Å². The maximum absolute atomic E-state index is 12.1. The van der Waals surface area contributed by atoms with Crippen LogP contribution in [0.1, 0.15) is 19.4 Å². The summed E-state index contributed by atoms with van der Waals surface area (Å²) in [6.45, 7) is 2.72. The minimum Gasteiger partial charge on any atom is -0.479 e. The first kappa shape index (κ1) is 12.5. The highest BCUT2D eigenvalue weighted by Gasteiger charge is 2.32. The number of alkyl halides is 3. The lowest BCUT2D eigenvalue weighted by atomic mass is 10.1. The molecule has 0 amide bonds. The Bertz CT molecular complexity index is 396. The Kier molecular flexibility index (Phi) is 2.98. The van der Waals surface area contributed by atoms with Gasteiger partial charge in [0.25, 0.3) is 0 Å². The van der Waals surface area contributed by atoms with Crippen molar-refractivity contribution < 1.29 is 23.1 Å². The number of carboxylic acid groups (broad SMARTS) is 1. The molecule has 90 valence electrons. The standard InChI is InChI=1S/C9H11F3N2O2/c1-8(2,7(15)16)14-5-6(4-13-14)3-9(10,11)12/h4-5H,3H2,1-2H3,(H,15,16). The zero-order valence-electron chi connectivity index (χ0n) is 8.75. The maximum atomic E-state index is 12.1. The van der Waals surface area contributed by atoms with Crippen molar-refractivity contribution in [3.63, 3.8) is 0 Å². The van der Waals surface area contributed by atoms with Crippen LogP contribution in [0.3, 0.4) is 0 Å². The lowest BCUT2D eigenvalue weighted by molar-refractivity contribution is -0.146. The van der Waals surface area contributed by atoms with Gasteiger partial charge in [-0.2, -0.15) is 18.3 Å². The van der Waals surface area contributed by atoms with Gasteiger partial charge in [-0.15, -0.1) is 0 Å². The van der Waals surface area contributed by atoms with Gasteiger partial charge in [0.1, 0.15) is 0 Å². The summed E-state index contributed by atoms with van der Waals surface area (Å²) < 4.78 is 37.2. The van der Waals surface area contributed by atoms with Gasteiger partial charge < -0.3 is 5.11 Å². The molecule has 1 aromatic rings. The number of aliphatic carboxylic acids is 1. The third kappa shape index (κ3) is 2.74. The highest BCUT2D eigenvalue weighted by Crippen LogP contribution is 2.22. The fraction of sp³-hybridized carbons (Fsp3) is 0.556. The quantitative estimate of drug-likeness (QED) is 0.870. The van der Waals surface area contributed by atoms with Crippen molar-refractivity contribution in [2.45, 2.75) is 32.0 Å². The molecule has 7 heteroatoms. The van der Waals surface area contributed by atoms with E-state index in [4.69, 9.17) is 5.11 Å². The van der Waals surface area contributed by atoms with E-state index in [0.29, 0.717) is 0 Å². The summed E-state index contributed by atoms with van der Waals surface area (Å²) >= 11 is 0.